The van der Waals surface area contributed by atoms with E-state index in [1.807, 2.05) is 0 Å². The van der Waals surface area contributed by atoms with Crippen molar-refractivity contribution in [1.82, 2.24) is 10.4 Å². The molecule has 0 aromatic carbocycles. The van der Waals surface area contributed by atoms with Crippen LogP contribution in [-0.4, -0.2) is 30.2 Å². The van der Waals surface area contributed by atoms with Crippen molar-refractivity contribution in [2.75, 3.05) is 19.6 Å². The highest BCUT2D eigenvalue weighted by molar-refractivity contribution is 4.83. The van der Waals surface area contributed by atoms with Crippen molar-refractivity contribution in [3.8, 4) is 0 Å². The van der Waals surface area contributed by atoms with Gasteiger partial charge in [-0.1, -0.05) is 32.6 Å². The predicted molar refractivity (Wildman–Crippen MR) is 70.2 cm³/mol. The van der Waals surface area contributed by atoms with E-state index in [0.717, 1.165) is 6.54 Å². The molecule has 0 aromatic heterocycles. The van der Waals surface area contributed by atoms with Gasteiger partial charge >= 0.3 is 0 Å². The van der Waals surface area contributed by atoms with E-state index in [9.17, 15) is 0 Å². The number of hydrogen-bond donors (Lipinski definition) is 2. The summed E-state index contributed by atoms with van der Waals surface area (Å²) in [6.45, 7) is 7.61. The maximum absolute atomic E-state index is 5.92. The highest BCUT2D eigenvalue weighted by Gasteiger charge is 2.24. The summed E-state index contributed by atoms with van der Waals surface area (Å²) in [5.41, 5.74) is 9.67. The van der Waals surface area contributed by atoms with Gasteiger partial charge in [-0.3, -0.25) is 0 Å². The van der Waals surface area contributed by atoms with Gasteiger partial charge in [-0.25, -0.2) is 10.4 Å². The van der Waals surface area contributed by atoms with E-state index in [-0.39, 0.29) is 5.54 Å². The predicted octanol–water partition coefficient (Wildman–Crippen LogP) is 2.27. The molecule has 1 saturated heterocycles. The Labute approximate surface area is 101 Å². The standard InChI is InChI=1S/C13H29N3/c1-3-4-6-9-13(2,12-14)15-16-10-7-5-8-11-16/h15H,3-12,14H2,1-2H3. The molecule has 1 aliphatic heterocycles. The van der Waals surface area contributed by atoms with E-state index in [1.165, 1.54) is 58.0 Å². The number of hydrazine groups is 1. The summed E-state index contributed by atoms with van der Waals surface area (Å²) >= 11 is 0. The molecule has 0 aromatic rings. The number of rotatable bonds is 7. The van der Waals surface area contributed by atoms with Gasteiger partial charge in [0.05, 0.1) is 0 Å². The van der Waals surface area contributed by atoms with Crippen LogP contribution in [0, 0.1) is 0 Å². The Kier molecular flexibility index (Phi) is 6.32. The summed E-state index contributed by atoms with van der Waals surface area (Å²) in [5.74, 6) is 0. The van der Waals surface area contributed by atoms with Crippen LogP contribution >= 0.6 is 0 Å². The van der Waals surface area contributed by atoms with Crippen LogP contribution in [0.1, 0.15) is 58.8 Å². The second-order valence-electron chi connectivity index (χ2n) is 5.38. The first-order valence-corrected chi connectivity index (χ1v) is 6.93. The molecule has 3 nitrogen and oxygen atoms in total. The van der Waals surface area contributed by atoms with Crippen LogP contribution in [0.2, 0.25) is 0 Å². The Balaban J connectivity index is 2.32. The van der Waals surface area contributed by atoms with E-state index in [0.29, 0.717) is 0 Å². The van der Waals surface area contributed by atoms with Crippen molar-refractivity contribution >= 4 is 0 Å². The number of piperidine rings is 1. The zero-order chi connectivity index (χ0) is 11.9. The fourth-order valence-electron chi connectivity index (χ4n) is 2.36. The Hall–Kier alpha value is -0.120. The SMILES string of the molecule is CCCCCC(C)(CN)NN1CCCCC1. The fraction of sp³-hybridized carbons (Fsp3) is 1.00. The Morgan fingerprint density at radius 3 is 2.44 bits per heavy atom. The molecular weight excluding hydrogens is 198 g/mol. The van der Waals surface area contributed by atoms with Gasteiger partial charge in [-0.2, -0.15) is 0 Å². The van der Waals surface area contributed by atoms with Gasteiger partial charge in [0.25, 0.3) is 0 Å². The van der Waals surface area contributed by atoms with Gasteiger partial charge in [0.1, 0.15) is 0 Å². The minimum Gasteiger partial charge on any atom is -0.329 e. The van der Waals surface area contributed by atoms with Crippen molar-refractivity contribution < 1.29 is 0 Å². The lowest BCUT2D eigenvalue weighted by molar-refractivity contribution is 0.0853. The molecule has 3 heteroatoms. The number of nitrogens with two attached hydrogens (primary N) is 1. The van der Waals surface area contributed by atoms with Crippen LogP contribution in [0.25, 0.3) is 0 Å². The molecule has 0 saturated carbocycles. The van der Waals surface area contributed by atoms with Crippen LogP contribution in [0.5, 0.6) is 0 Å². The molecule has 16 heavy (non-hydrogen) atoms. The molecule has 3 N–H and O–H groups in total. The highest BCUT2D eigenvalue weighted by atomic mass is 15.5. The lowest BCUT2D eigenvalue weighted by atomic mass is 9.95. The molecule has 1 aliphatic rings. The van der Waals surface area contributed by atoms with Crippen molar-refractivity contribution in [2.24, 2.45) is 5.73 Å². The zero-order valence-corrected chi connectivity index (χ0v) is 11.1. The zero-order valence-electron chi connectivity index (χ0n) is 11.1. The summed E-state index contributed by atoms with van der Waals surface area (Å²) in [5, 5.41) is 2.38. The first-order valence-electron chi connectivity index (χ1n) is 6.93. The van der Waals surface area contributed by atoms with Gasteiger partial charge in [-0.05, 0) is 26.2 Å². The summed E-state index contributed by atoms with van der Waals surface area (Å²) in [7, 11) is 0. The monoisotopic (exact) mass is 227 g/mol. The van der Waals surface area contributed by atoms with Gasteiger partial charge in [0, 0.05) is 25.2 Å². The van der Waals surface area contributed by atoms with E-state index >= 15 is 0 Å². The van der Waals surface area contributed by atoms with Crippen molar-refractivity contribution in [3.63, 3.8) is 0 Å². The molecule has 96 valence electrons. The third-order valence-electron chi connectivity index (χ3n) is 3.57. The van der Waals surface area contributed by atoms with Gasteiger partial charge in [0.2, 0.25) is 0 Å². The lowest BCUT2D eigenvalue weighted by Gasteiger charge is -2.38. The van der Waals surface area contributed by atoms with Crippen LogP contribution in [-0.2, 0) is 0 Å². The number of hydrogen-bond acceptors (Lipinski definition) is 3. The van der Waals surface area contributed by atoms with E-state index in [2.05, 4.69) is 24.3 Å². The topological polar surface area (TPSA) is 41.3 Å². The summed E-state index contributed by atoms with van der Waals surface area (Å²) < 4.78 is 0. The summed E-state index contributed by atoms with van der Waals surface area (Å²) in [6, 6.07) is 0. The third kappa shape index (κ3) is 4.81. The first kappa shape index (κ1) is 13.9. The maximum atomic E-state index is 5.92. The molecule has 1 heterocycles. The van der Waals surface area contributed by atoms with Crippen LogP contribution < -0.4 is 11.2 Å². The van der Waals surface area contributed by atoms with Crippen molar-refractivity contribution in [1.29, 1.82) is 0 Å². The molecule has 1 atom stereocenters. The first-order chi connectivity index (χ1) is 7.70. The minimum atomic E-state index is 0.104. The second-order valence-corrected chi connectivity index (χ2v) is 5.38. The van der Waals surface area contributed by atoms with Crippen LogP contribution in [0.4, 0.5) is 0 Å². The Bertz CT molecular complexity index is 178. The van der Waals surface area contributed by atoms with E-state index in [1.54, 1.807) is 0 Å². The van der Waals surface area contributed by atoms with Gasteiger partial charge in [0.15, 0.2) is 0 Å². The molecular formula is C13H29N3. The fourth-order valence-corrected chi connectivity index (χ4v) is 2.36. The molecule has 1 unspecified atom stereocenters. The summed E-state index contributed by atoms with van der Waals surface area (Å²) in [4.78, 5) is 0. The van der Waals surface area contributed by atoms with Crippen molar-refractivity contribution in [3.05, 3.63) is 0 Å². The molecule has 1 fully saturated rings. The third-order valence-corrected chi connectivity index (χ3v) is 3.57. The quantitative estimate of drug-likeness (QED) is 0.656. The van der Waals surface area contributed by atoms with Gasteiger partial charge in [-0.15, -0.1) is 0 Å². The second kappa shape index (κ2) is 7.25. The van der Waals surface area contributed by atoms with E-state index < -0.39 is 0 Å². The number of nitrogens with zero attached hydrogens (tertiary/aromatic N) is 1. The highest BCUT2D eigenvalue weighted by Crippen LogP contribution is 2.16. The minimum absolute atomic E-state index is 0.104. The molecule has 0 spiro atoms. The van der Waals surface area contributed by atoms with E-state index in [4.69, 9.17) is 5.73 Å². The Morgan fingerprint density at radius 1 is 1.19 bits per heavy atom. The lowest BCUT2D eigenvalue weighted by Crippen LogP contribution is -2.57. The number of nitrogens with one attached hydrogen (secondary N) is 1. The Morgan fingerprint density at radius 2 is 1.88 bits per heavy atom. The normalized spacial score (nSPS) is 21.9. The number of unbranched alkanes of at least 4 members (excludes halogenated alkanes) is 2. The van der Waals surface area contributed by atoms with Crippen LogP contribution in [0.3, 0.4) is 0 Å². The molecule has 0 amide bonds. The average Bonchev–Trinajstić information content (AvgIpc) is 2.31. The summed E-state index contributed by atoms with van der Waals surface area (Å²) in [6.07, 6.45) is 9.10. The van der Waals surface area contributed by atoms with Crippen LogP contribution in [0.15, 0.2) is 0 Å². The largest absolute Gasteiger partial charge is 0.329 e. The van der Waals surface area contributed by atoms with Gasteiger partial charge < -0.3 is 5.73 Å². The maximum Gasteiger partial charge on any atom is 0.0420 e. The molecule has 0 bridgehead atoms. The molecule has 0 radical (unpaired) electrons. The smallest absolute Gasteiger partial charge is 0.0420 e. The van der Waals surface area contributed by atoms with Crippen molar-refractivity contribution in [2.45, 2.75) is 64.3 Å². The molecule has 1 rings (SSSR count). The molecule has 0 aliphatic carbocycles. The average molecular weight is 227 g/mol.